The second-order valence-corrected chi connectivity index (χ2v) is 8.05. The van der Waals surface area contributed by atoms with E-state index in [2.05, 4.69) is 10.0 Å². The van der Waals surface area contributed by atoms with E-state index in [1.807, 2.05) is 0 Å². The molecule has 1 saturated heterocycles. The predicted octanol–water partition coefficient (Wildman–Crippen LogP) is 2.54. The van der Waals surface area contributed by atoms with Crippen LogP contribution in [0.15, 0.2) is 47.4 Å². The van der Waals surface area contributed by atoms with Crippen LogP contribution in [0.1, 0.15) is 23.2 Å². The zero-order valence-corrected chi connectivity index (χ0v) is 16.1. The first-order chi connectivity index (χ1) is 13.4. The number of halogens is 1. The molecule has 0 saturated carbocycles. The molecule has 0 spiro atoms. The van der Waals surface area contributed by atoms with E-state index in [0.29, 0.717) is 6.61 Å². The lowest BCUT2D eigenvalue weighted by Gasteiger charge is -2.14. The van der Waals surface area contributed by atoms with Crippen LogP contribution in [0.5, 0.6) is 5.75 Å². The molecule has 1 aliphatic heterocycles. The first-order valence-electron chi connectivity index (χ1n) is 8.76. The molecule has 0 bridgehead atoms. The highest BCUT2D eigenvalue weighted by molar-refractivity contribution is 7.89. The lowest BCUT2D eigenvalue weighted by molar-refractivity contribution is 0.102. The van der Waals surface area contributed by atoms with Gasteiger partial charge in [-0.2, -0.15) is 0 Å². The molecule has 150 valence electrons. The van der Waals surface area contributed by atoms with Crippen molar-refractivity contribution >= 4 is 21.6 Å². The Morgan fingerprint density at radius 2 is 2.07 bits per heavy atom. The van der Waals surface area contributed by atoms with Gasteiger partial charge in [-0.25, -0.2) is 17.5 Å². The summed E-state index contributed by atoms with van der Waals surface area (Å²) in [5, 5.41) is 2.51. The topological polar surface area (TPSA) is 93.7 Å². The van der Waals surface area contributed by atoms with Crippen LogP contribution in [0.2, 0.25) is 0 Å². The number of hydrogen-bond donors (Lipinski definition) is 2. The van der Waals surface area contributed by atoms with Crippen molar-refractivity contribution < 1.29 is 27.1 Å². The van der Waals surface area contributed by atoms with Crippen molar-refractivity contribution in [3.63, 3.8) is 0 Å². The largest absolute Gasteiger partial charge is 0.495 e. The third-order valence-corrected chi connectivity index (χ3v) is 5.79. The van der Waals surface area contributed by atoms with Gasteiger partial charge in [0.25, 0.3) is 5.91 Å². The van der Waals surface area contributed by atoms with Gasteiger partial charge in [0, 0.05) is 13.2 Å². The van der Waals surface area contributed by atoms with E-state index in [4.69, 9.17) is 9.47 Å². The molecule has 28 heavy (non-hydrogen) atoms. The Labute approximate surface area is 162 Å². The second-order valence-electron chi connectivity index (χ2n) is 6.28. The quantitative estimate of drug-likeness (QED) is 0.734. The number of carbonyl (C=O) groups is 1. The molecule has 0 aromatic heterocycles. The fourth-order valence-electron chi connectivity index (χ4n) is 2.88. The highest BCUT2D eigenvalue weighted by atomic mass is 32.2. The van der Waals surface area contributed by atoms with Crippen LogP contribution in [0.25, 0.3) is 0 Å². The number of amides is 1. The van der Waals surface area contributed by atoms with Crippen molar-refractivity contribution in [2.45, 2.75) is 23.8 Å². The van der Waals surface area contributed by atoms with Crippen molar-refractivity contribution in [2.24, 2.45) is 0 Å². The zero-order valence-electron chi connectivity index (χ0n) is 15.3. The van der Waals surface area contributed by atoms with E-state index in [0.717, 1.165) is 12.8 Å². The Morgan fingerprint density at radius 3 is 2.75 bits per heavy atom. The number of sulfonamides is 1. The van der Waals surface area contributed by atoms with Gasteiger partial charge in [-0.1, -0.05) is 12.1 Å². The molecule has 2 aromatic carbocycles. The molecule has 0 radical (unpaired) electrons. The molecule has 1 aliphatic rings. The molecule has 2 aromatic rings. The van der Waals surface area contributed by atoms with E-state index < -0.39 is 21.7 Å². The van der Waals surface area contributed by atoms with E-state index in [1.165, 1.54) is 49.6 Å². The van der Waals surface area contributed by atoms with E-state index >= 15 is 0 Å². The van der Waals surface area contributed by atoms with Crippen LogP contribution < -0.4 is 14.8 Å². The third kappa shape index (κ3) is 4.67. The molecule has 1 fully saturated rings. The third-order valence-electron chi connectivity index (χ3n) is 4.37. The van der Waals surface area contributed by atoms with Crippen molar-refractivity contribution in [1.29, 1.82) is 0 Å². The highest BCUT2D eigenvalue weighted by Crippen LogP contribution is 2.28. The fraction of sp³-hybridized carbons (Fsp3) is 0.316. The van der Waals surface area contributed by atoms with Gasteiger partial charge in [0.05, 0.1) is 29.4 Å². The first-order valence-corrected chi connectivity index (χ1v) is 10.2. The number of carbonyl (C=O) groups excluding carboxylic acids is 1. The van der Waals surface area contributed by atoms with Gasteiger partial charge in [-0.3, -0.25) is 4.79 Å². The zero-order chi connectivity index (χ0) is 20.1. The summed E-state index contributed by atoms with van der Waals surface area (Å²) < 4.78 is 52.1. The number of nitrogens with one attached hydrogen (secondary N) is 2. The maximum absolute atomic E-state index is 13.8. The average Bonchev–Trinajstić information content (AvgIpc) is 3.20. The van der Waals surface area contributed by atoms with Crippen LogP contribution in [-0.2, 0) is 14.8 Å². The summed E-state index contributed by atoms with van der Waals surface area (Å²) in [6.45, 7) is 0.798. The summed E-state index contributed by atoms with van der Waals surface area (Å²) in [4.78, 5) is 12.3. The molecular weight excluding hydrogens is 387 g/mol. The molecule has 9 heteroatoms. The number of rotatable bonds is 7. The van der Waals surface area contributed by atoms with E-state index in [-0.39, 0.29) is 34.5 Å². The van der Waals surface area contributed by atoms with Gasteiger partial charge in [0.2, 0.25) is 10.0 Å². The first kappa shape index (κ1) is 20.2. The number of benzene rings is 2. The average molecular weight is 408 g/mol. The summed E-state index contributed by atoms with van der Waals surface area (Å²) in [6.07, 6.45) is 1.56. The van der Waals surface area contributed by atoms with E-state index in [1.54, 1.807) is 0 Å². The SMILES string of the molecule is COc1ccc(S(=O)(=O)NC[C@@H]2CCCO2)cc1NC(=O)c1ccccc1F. The fourth-order valence-corrected chi connectivity index (χ4v) is 3.97. The van der Waals surface area contributed by atoms with Gasteiger partial charge in [-0.05, 0) is 43.2 Å². The summed E-state index contributed by atoms with van der Waals surface area (Å²) >= 11 is 0. The number of methoxy groups -OCH3 is 1. The highest BCUT2D eigenvalue weighted by Gasteiger charge is 2.22. The van der Waals surface area contributed by atoms with E-state index in [9.17, 15) is 17.6 Å². The van der Waals surface area contributed by atoms with Gasteiger partial charge in [0.1, 0.15) is 11.6 Å². The lowest BCUT2D eigenvalue weighted by atomic mass is 10.2. The van der Waals surface area contributed by atoms with Crippen molar-refractivity contribution in [3.8, 4) is 5.75 Å². The molecule has 2 N–H and O–H groups in total. The minimum absolute atomic E-state index is 0.0462. The van der Waals surface area contributed by atoms with Gasteiger partial charge in [0.15, 0.2) is 0 Å². The van der Waals surface area contributed by atoms with Crippen molar-refractivity contribution in [2.75, 3.05) is 25.6 Å². The Kier molecular flexibility index (Phi) is 6.28. The Balaban J connectivity index is 1.81. The molecule has 3 rings (SSSR count). The van der Waals surface area contributed by atoms with Crippen LogP contribution >= 0.6 is 0 Å². The Bertz CT molecular complexity index is 959. The van der Waals surface area contributed by atoms with Crippen LogP contribution in [0.3, 0.4) is 0 Å². The van der Waals surface area contributed by atoms with Gasteiger partial charge >= 0.3 is 0 Å². The van der Waals surface area contributed by atoms with Crippen molar-refractivity contribution in [3.05, 3.63) is 53.8 Å². The molecular formula is C19H21FN2O5S. The Morgan fingerprint density at radius 1 is 1.29 bits per heavy atom. The van der Waals surface area contributed by atoms with Crippen molar-refractivity contribution in [1.82, 2.24) is 4.72 Å². The normalized spacial score (nSPS) is 16.7. The summed E-state index contributed by atoms with van der Waals surface area (Å²) in [5.74, 6) is -1.14. The maximum atomic E-state index is 13.8. The second kappa shape index (κ2) is 8.68. The molecule has 0 aliphatic carbocycles. The van der Waals surface area contributed by atoms with Crippen LogP contribution in [-0.4, -0.2) is 40.7 Å². The molecule has 1 atom stereocenters. The molecule has 1 amide bonds. The number of anilines is 1. The number of hydrogen-bond acceptors (Lipinski definition) is 5. The Hall–Kier alpha value is -2.49. The minimum Gasteiger partial charge on any atom is -0.495 e. The minimum atomic E-state index is -3.81. The predicted molar refractivity (Wildman–Crippen MR) is 102 cm³/mol. The molecule has 7 nitrogen and oxygen atoms in total. The maximum Gasteiger partial charge on any atom is 0.258 e. The van der Waals surface area contributed by atoms with Gasteiger partial charge < -0.3 is 14.8 Å². The standard InChI is InChI=1S/C19H21FN2O5S/c1-26-18-9-8-14(28(24,25)21-12-13-5-4-10-27-13)11-17(18)22-19(23)15-6-2-3-7-16(15)20/h2-3,6-9,11,13,21H,4-5,10,12H2,1H3,(H,22,23)/t13-/m0/s1. The monoisotopic (exact) mass is 408 g/mol. The summed E-state index contributed by atoms with van der Waals surface area (Å²) in [5.41, 5.74) is -0.0370. The smallest absolute Gasteiger partial charge is 0.258 e. The van der Waals surface area contributed by atoms with Crippen LogP contribution in [0.4, 0.5) is 10.1 Å². The lowest BCUT2D eigenvalue weighted by Crippen LogP contribution is -2.31. The number of ether oxygens (including phenoxy) is 2. The van der Waals surface area contributed by atoms with Crippen LogP contribution in [0, 0.1) is 5.82 Å². The summed E-state index contributed by atoms with van der Waals surface area (Å²) in [6, 6.07) is 9.58. The molecule has 0 unspecified atom stereocenters. The molecule has 1 heterocycles. The van der Waals surface area contributed by atoms with Gasteiger partial charge in [-0.15, -0.1) is 0 Å². The summed E-state index contributed by atoms with van der Waals surface area (Å²) in [7, 11) is -2.43.